The van der Waals surface area contributed by atoms with Gasteiger partial charge in [0.2, 0.25) is 0 Å². The van der Waals surface area contributed by atoms with Crippen LogP contribution >= 0.6 is 0 Å². The van der Waals surface area contributed by atoms with Crippen LogP contribution in [0.25, 0.3) is 22.3 Å². The molecule has 1 fully saturated rings. The van der Waals surface area contributed by atoms with E-state index in [1.807, 2.05) is 27.7 Å². The molecular formula is C38H42F8O. The minimum absolute atomic E-state index is 0. The first-order chi connectivity index (χ1) is 22.0. The lowest BCUT2D eigenvalue weighted by atomic mass is 9.79. The van der Waals surface area contributed by atoms with Gasteiger partial charge in [0.1, 0.15) is 47.1 Å². The predicted octanol–water partition coefficient (Wildman–Crippen LogP) is 13.3. The van der Waals surface area contributed by atoms with Gasteiger partial charge in [0.05, 0.1) is 0 Å². The van der Waals surface area contributed by atoms with Gasteiger partial charge in [-0.1, -0.05) is 79.2 Å². The molecule has 0 aliphatic heterocycles. The fraction of sp³-hybridized carbons (Fsp3) is 0.368. The minimum Gasteiger partial charge on any atom is -0.429 e. The summed E-state index contributed by atoms with van der Waals surface area (Å²) >= 11 is 0. The number of benzene rings is 4. The number of hydrogen-bond acceptors (Lipinski definition) is 1. The SMILES string of the molecule is C.CC.CC.CC1CCC(c2ccc(-c3cc(F)c(C(F)(F)Oc4ccc(-c5ccc(CF)c(F)c5)c(F)c4)c(F)c3)c(F)c2)CC1. The van der Waals surface area contributed by atoms with Crippen LogP contribution in [0.4, 0.5) is 35.1 Å². The molecule has 9 heteroatoms. The Morgan fingerprint density at radius 3 is 1.70 bits per heavy atom. The molecule has 0 unspecified atom stereocenters. The van der Waals surface area contributed by atoms with E-state index in [-0.39, 0.29) is 41.2 Å². The van der Waals surface area contributed by atoms with Crippen molar-refractivity contribution < 1.29 is 39.9 Å². The molecule has 0 aromatic heterocycles. The van der Waals surface area contributed by atoms with Crippen molar-refractivity contribution in [1.82, 2.24) is 0 Å². The molecule has 4 aromatic rings. The molecule has 5 rings (SSSR count). The van der Waals surface area contributed by atoms with E-state index in [1.54, 1.807) is 6.07 Å². The average Bonchev–Trinajstić information content (AvgIpc) is 3.02. The molecule has 0 saturated heterocycles. The molecule has 0 N–H and O–H groups in total. The molecule has 1 aliphatic carbocycles. The Labute approximate surface area is 272 Å². The van der Waals surface area contributed by atoms with Crippen LogP contribution < -0.4 is 4.74 Å². The Balaban J connectivity index is 0.00000148. The van der Waals surface area contributed by atoms with Crippen LogP contribution in [0.5, 0.6) is 5.75 Å². The van der Waals surface area contributed by atoms with Gasteiger partial charge in [0, 0.05) is 22.8 Å². The van der Waals surface area contributed by atoms with E-state index >= 15 is 4.39 Å². The van der Waals surface area contributed by atoms with Gasteiger partial charge in [-0.2, -0.15) is 8.78 Å². The zero-order chi connectivity index (χ0) is 34.2. The predicted molar refractivity (Wildman–Crippen MR) is 173 cm³/mol. The summed E-state index contributed by atoms with van der Waals surface area (Å²) < 4.78 is 121. The van der Waals surface area contributed by atoms with Gasteiger partial charge in [0.25, 0.3) is 0 Å². The smallest absolute Gasteiger partial charge is 0.429 e. The van der Waals surface area contributed by atoms with Crippen molar-refractivity contribution >= 4 is 0 Å². The summed E-state index contributed by atoms with van der Waals surface area (Å²) in [6.45, 7) is 9.10. The van der Waals surface area contributed by atoms with E-state index in [0.717, 1.165) is 55.5 Å². The molecule has 0 spiro atoms. The average molecular weight is 667 g/mol. The fourth-order valence-electron chi connectivity index (χ4n) is 5.44. The van der Waals surface area contributed by atoms with Crippen molar-refractivity contribution in [2.45, 2.75) is 86.4 Å². The number of alkyl halides is 3. The topological polar surface area (TPSA) is 9.23 Å². The van der Waals surface area contributed by atoms with Crippen LogP contribution in [0.3, 0.4) is 0 Å². The van der Waals surface area contributed by atoms with Gasteiger partial charge in [-0.05, 0) is 77.8 Å². The summed E-state index contributed by atoms with van der Waals surface area (Å²) in [4.78, 5) is 0. The van der Waals surface area contributed by atoms with Crippen molar-refractivity contribution in [2.24, 2.45) is 5.92 Å². The molecule has 47 heavy (non-hydrogen) atoms. The van der Waals surface area contributed by atoms with Gasteiger partial charge < -0.3 is 4.74 Å². The van der Waals surface area contributed by atoms with E-state index in [1.165, 1.54) is 18.2 Å². The van der Waals surface area contributed by atoms with Crippen LogP contribution in [0.1, 0.15) is 90.3 Å². The van der Waals surface area contributed by atoms with Gasteiger partial charge in [-0.15, -0.1) is 0 Å². The number of rotatable bonds is 7. The van der Waals surface area contributed by atoms with E-state index in [2.05, 4.69) is 11.7 Å². The van der Waals surface area contributed by atoms with E-state index in [4.69, 9.17) is 0 Å². The summed E-state index contributed by atoms with van der Waals surface area (Å²) in [7, 11) is 0. The third-order valence-electron chi connectivity index (χ3n) is 7.82. The Kier molecular flexibility index (Phi) is 14.5. The molecule has 1 nitrogen and oxygen atoms in total. The van der Waals surface area contributed by atoms with Crippen LogP contribution in [0.2, 0.25) is 0 Å². The first-order valence-corrected chi connectivity index (χ1v) is 15.5. The van der Waals surface area contributed by atoms with Gasteiger partial charge >= 0.3 is 6.11 Å². The summed E-state index contributed by atoms with van der Waals surface area (Å²) in [5.74, 6) is -6.06. The Hall–Kier alpha value is -3.88. The molecule has 1 saturated carbocycles. The normalized spacial score (nSPS) is 15.8. The molecular weight excluding hydrogens is 624 g/mol. The maximum atomic E-state index is 15.0. The molecule has 0 radical (unpaired) electrons. The second kappa shape index (κ2) is 17.3. The van der Waals surface area contributed by atoms with Gasteiger partial charge in [0.15, 0.2) is 0 Å². The fourth-order valence-corrected chi connectivity index (χ4v) is 5.44. The minimum atomic E-state index is -4.57. The highest BCUT2D eigenvalue weighted by Gasteiger charge is 2.41. The van der Waals surface area contributed by atoms with Crippen molar-refractivity contribution in [3.05, 3.63) is 113 Å². The summed E-state index contributed by atoms with van der Waals surface area (Å²) in [6.07, 6.45) is -0.712. The van der Waals surface area contributed by atoms with Crippen LogP contribution in [0.15, 0.2) is 66.7 Å². The van der Waals surface area contributed by atoms with E-state index < -0.39 is 53.2 Å². The standard InChI is InChI=1S/C33H26F8O.2C2H6.CH4/c1-18-2-4-19(5-3-18)20-8-10-26(28(36)12-20)23-14-30(38)32(31(39)15-23)33(40,41)42-24-9-11-25(29(37)16-24)21-6-7-22(17-34)27(35)13-21;2*1-2;/h6-16,18-19H,2-5,17H2,1H3;2*1-2H3;1H4. The Bertz CT molecular complexity index is 1590. The number of ether oxygens (including phenoxy) is 1. The van der Waals surface area contributed by atoms with Crippen LogP contribution in [-0.4, -0.2) is 0 Å². The molecule has 0 amide bonds. The van der Waals surface area contributed by atoms with Crippen molar-refractivity contribution in [3.8, 4) is 28.0 Å². The van der Waals surface area contributed by atoms with Crippen LogP contribution in [-0.2, 0) is 12.8 Å². The summed E-state index contributed by atoms with van der Waals surface area (Å²) in [5.41, 5.74) is -1.78. The molecule has 1 aliphatic rings. The maximum Gasteiger partial charge on any atom is 0.432 e. The van der Waals surface area contributed by atoms with Crippen molar-refractivity contribution in [2.75, 3.05) is 0 Å². The molecule has 256 valence electrons. The van der Waals surface area contributed by atoms with Gasteiger partial charge in [-0.3, -0.25) is 0 Å². The molecule has 0 atom stereocenters. The third-order valence-corrected chi connectivity index (χ3v) is 7.82. The highest BCUT2D eigenvalue weighted by Crippen LogP contribution is 2.40. The first-order valence-electron chi connectivity index (χ1n) is 15.5. The zero-order valence-electron chi connectivity index (χ0n) is 26.5. The van der Waals surface area contributed by atoms with Crippen molar-refractivity contribution in [1.29, 1.82) is 0 Å². The maximum absolute atomic E-state index is 15.0. The second-order valence-corrected chi connectivity index (χ2v) is 10.7. The van der Waals surface area contributed by atoms with Gasteiger partial charge in [-0.25, -0.2) is 26.3 Å². The lowest BCUT2D eigenvalue weighted by Gasteiger charge is -2.26. The Morgan fingerprint density at radius 1 is 0.638 bits per heavy atom. The summed E-state index contributed by atoms with van der Waals surface area (Å²) in [5, 5.41) is 0. The highest BCUT2D eigenvalue weighted by atomic mass is 19.3. The van der Waals surface area contributed by atoms with Crippen molar-refractivity contribution in [3.63, 3.8) is 0 Å². The molecule has 4 aromatic carbocycles. The second-order valence-electron chi connectivity index (χ2n) is 10.7. The lowest BCUT2D eigenvalue weighted by molar-refractivity contribution is -0.189. The lowest BCUT2D eigenvalue weighted by Crippen LogP contribution is -2.25. The highest BCUT2D eigenvalue weighted by molar-refractivity contribution is 5.66. The number of halogens is 8. The van der Waals surface area contributed by atoms with Crippen LogP contribution in [0, 0.1) is 35.0 Å². The number of hydrogen-bond donors (Lipinski definition) is 0. The largest absolute Gasteiger partial charge is 0.432 e. The summed E-state index contributed by atoms with van der Waals surface area (Å²) in [6, 6.07) is 11.3. The first kappa shape index (κ1) is 39.3. The van der Waals surface area contributed by atoms with E-state index in [0.29, 0.717) is 24.1 Å². The molecule has 0 heterocycles. The Morgan fingerprint density at radius 2 is 1.17 bits per heavy atom. The monoisotopic (exact) mass is 666 g/mol. The zero-order valence-corrected chi connectivity index (χ0v) is 26.5. The third kappa shape index (κ3) is 9.14. The molecule has 0 bridgehead atoms. The van der Waals surface area contributed by atoms with E-state index in [9.17, 15) is 30.7 Å². The quantitative estimate of drug-likeness (QED) is 0.178.